The van der Waals surface area contributed by atoms with Crippen LogP contribution < -0.4 is 0 Å². The molecule has 2 unspecified atom stereocenters. The van der Waals surface area contributed by atoms with E-state index in [0.717, 1.165) is 16.5 Å². The zero-order valence-corrected chi connectivity index (χ0v) is 13.0. The Balaban J connectivity index is 2.11. The van der Waals surface area contributed by atoms with Crippen LogP contribution in [0.4, 0.5) is 0 Å². The minimum Gasteiger partial charge on any atom is -0.480 e. The summed E-state index contributed by atoms with van der Waals surface area (Å²) in [6, 6.07) is 6.84. The van der Waals surface area contributed by atoms with Crippen LogP contribution in [0.2, 0.25) is 0 Å². The zero-order chi connectivity index (χ0) is 14.7. The third-order valence-corrected chi connectivity index (χ3v) is 4.54. The minimum absolute atomic E-state index is 0.115. The van der Waals surface area contributed by atoms with Crippen molar-refractivity contribution in [3.05, 3.63) is 34.3 Å². The fraction of sp³-hybridized carbons (Fsp3) is 0.467. The smallest absolute Gasteiger partial charge is 0.326 e. The van der Waals surface area contributed by atoms with Gasteiger partial charge in [0, 0.05) is 11.0 Å². The first-order valence-corrected chi connectivity index (χ1v) is 7.54. The van der Waals surface area contributed by atoms with E-state index in [2.05, 4.69) is 15.9 Å². The van der Waals surface area contributed by atoms with Gasteiger partial charge in [-0.05, 0) is 30.4 Å². The number of carboxylic acids is 1. The van der Waals surface area contributed by atoms with Crippen LogP contribution in [0.3, 0.4) is 0 Å². The fourth-order valence-corrected chi connectivity index (χ4v) is 3.01. The minimum atomic E-state index is -0.906. The molecule has 5 heteroatoms. The van der Waals surface area contributed by atoms with E-state index in [9.17, 15) is 14.7 Å². The Hall–Kier alpha value is -1.36. The molecular weight excluding hydrogens is 322 g/mol. The van der Waals surface area contributed by atoms with E-state index in [0.29, 0.717) is 18.9 Å². The maximum absolute atomic E-state index is 12.4. The molecule has 1 aromatic rings. The predicted molar refractivity (Wildman–Crippen MR) is 79.4 cm³/mol. The summed E-state index contributed by atoms with van der Waals surface area (Å²) >= 11 is 3.42. The molecule has 1 aliphatic rings. The lowest BCUT2D eigenvalue weighted by Gasteiger charge is -2.36. The van der Waals surface area contributed by atoms with Crippen LogP contribution in [0.25, 0.3) is 0 Å². The summed E-state index contributed by atoms with van der Waals surface area (Å²) < 4.78 is 0.880. The number of benzene rings is 1. The molecule has 0 saturated carbocycles. The number of hydrogen-bond acceptors (Lipinski definition) is 2. The molecule has 1 N–H and O–H groups in total. The highest BCUT2D eigenvalue weighted by molar-refractivity contribution is 9.10. The summed E-state index contributed by atoms with van der Waals surface area (Å²) in [5.74, 6) is -0.670. The van der Waals surface area contributed by atoms with E-state index in [4.69, 9.17) is 0 Å². The lowest BCUT2D eigenvalue weighted by atomic mass is 9.92. The Labute approximate surface area is 126 Å². The molecule has 0 spiro atoms. The van der Waals surface area contributed by atoms with Gasteiger partial charge in [-0.2, -0.15) is 0 Å². The van der Waals surface area contributed by atoms with Crippen molar-refractivity contribution in [3.8, 4) is 0 Å². The number of aliphatic carboxylic acids is 1. The lowest BCUT2D eigenvalue weighted by Crippen LogP contribution is -2.50. The molecule has 1 heterocycles. The molecule has 2 atom stereocenters. The first-order valence-electron chi connectivity index (χ1n) is 6.74. The van der Waals surface area contributed by atoms with E-state index in [1.54, 1.807) is 0 Å². The van der Waals surface area contributed by atoms with Crippen LogP contribution >= 0.6 is 15.9 Å². The molecule has 0 aliphatic carbocycles. The van der Waals surface area contributed by atoms with Crippen molar-refractivity contribution in [3.63, 3.8) is 0 Å². The molecule has 1 fully saturated rings. The number of piperidine rings is 1. The van der Waals surface area contributed by atoms with E-state index >= 15 is 0 Å². The monoisotopic (exact) mass is 339 g/mol. The average molecular weight is 340 g/mol. The third kappa shape index (κ3) is 3.39. The largest absolute Gasteiger partial charge is 0.480 e. The number of hydrogen-bond donors (Lipinski definition) is 1. The predicted octanol–water partition coefficient (Wildman–Crippen LogP) is 2.70. The number of amides is 1. The van der Waals surface area contributed by atoms with Crippen molar-refractivity contribution in [2.24, 2.45) is 5.92 Å². The summed E-state index contributed by atoms with van der Waals surface area (Å²) in [4.78, 5) is 25.2. The van der Waals surface area contributed by atoms with E-state index < -0.39 is 12.0 Å². The van der Waals surface area contributed by atoms with Gasteiger partial charge in [0.25, 0.3) is 0 Å². The zero-order valence-electron chi connectivity index (χ0n) is 11.4. The van der Waals surface area contributed by atoms with Crippen LogP contribution in [-0.4, -0.2) is 34.5 Å². The van der Waals surface area contributed by atoms with Crippen LogP contribution in [0.1, 0.15) is 25.3 Å². The Morgan fingerprint density at radius 3 is 2.75 bits per heavy atom. The van der Waals surface area contributed by atoms with E-state index in [-0.39, 0.29) is 12.3 Å². The number of likely N-dealkylation sites (tertiary alicyclic amines) is 1. The standard InChI is InChI=1S/C15H18BrNO3/c1-10-6-7-17(13(8-10)15(19)20)14(18)9-11-4-2-3-5-12(11)16/h2-5,10,13H,6-9H2,1H3,(H,19,20). The van der Waals surface area contributed by atoms with E-state index in [1.807, 2.05) is 31.2 Å². The number of carbonyl (C=O) groups is 2. The van der Waals surface area contributed by atoms with Gasteiger partial charge in [-0.3, -0.25) is 4.79 Å². The molecule has 0 bridgehead atoms. The quantitative estimate of drug-likeness (QED) is 0.920. The molecule has 2 rings (SSSR count). The highest BCUT2D eigenvalue weighted by Crippen LogP contribution is 2.24. The molecular formula is C15H18BrNO3. The maximum atomic E-state index is 12.4. The van der Waals surface area contributed by atoms with Gasteiger partial charge in [-0.25, -0.2) is 4.79 Å². The molecule has 108 valence electrons. The van der Waals surface area contributed by atoms with Gasteiger partial charge in [0.05, 0.1) is 6.42 Å². The molecule has 1 amide bonds. The second kappa shape index (κ2) is 6.39. The van der Waals surface area contributed by atoms with Crippen LogP contribution in [-0.2, 0) is 16.0 Å². The average Bonchev–Trinajstić information content (AvgIpc) is 2.41. The van der Waals surface area contributed by atoms with E-state index in [1.165, 1.54) is 4.90 Å². The Morgan fingerprint density at radius 2 is 2.10 bits per heavy atom. The Kier molecular flexibility index (Phi) is 4.81. The molecule has 4 nitrogen and oxygen atoms in total. The molecule has 1 saturated heterocycles. The van der Waals surface area contributed by atoms with Gasteiger partial charge >= 0.3 is 5.97 Å². The first kappa shape index (κ1) is 15.0. The Morgan fingerprint density at radius 1 is 1.40 bits per heavy atom. The third-order valence-electron chi connectivity index (χ3n) is 3.77. The number of nitrogens with zero attached hydrogens (tertiary/aromatic N) is 1. The van der Waals surface area contributed by atoms with Gasteiger partial charge in [0.1, 0.15) is 6.04 Å². The highest BCUT2D eigenvalue weighted by atomic mass is 79.9. The maximum Gasteiger partial charge on any atom is 0.326 e. The molecule has 1 aliphatic heterocycles. The highest BCUT2D eigenvalue weighted by Gasteiger charge is 2.34. The van der Waals surface area contributed by atoms with Gasteiger partial charge in [0.2, 0.25) is 5.91 Å². The van der Waals surface area contributed by atoms with Crippen LogP contribution in [0.15, 0.2) is 28.7 Å². The molecule has 0 radical (unpaired) electrons. The number of rotatable bonds is 3. The molecule has 0 aromatic heterocycles. The summed E-state index contributed by atoms with van der Waals surface area (Å²) in [6.07, 6.45) is 1.64. The number of carbonyl (C=O) groups excluding carboxylic acids is 1. The number of halogens is 1. The first-order chi connectivity index (χ1) is 9.49. The van der Waals surface area contributed by atoms with Crippen LogP contribution in [0.5, 0.6) is 0 Å². The van der Waals surface area contributed by atoms with Gasteiger partial charge in [-0.1, -0.05) is 41.1 Å². The molecule has 20 heavy (non-hydrogen) atoms. The Bertz CT molecular complexity index is 518. The van der Waals surface area contributed by atoms with Gasteiger partial charge in [-0.15, -0.1) is 0 Å². The summed E-state index contributed by atoms with van der Waals surface area (Å²) in [7, 11) is 0. The fourth-order valence-electron chi connectivity index (χ4n) is 2.58. The van der Waals surface area contributed by atoms with Crippen molar-refractivity contribution in [2.45, 2.75) is 32.2 Å². The summed E-state index contributed by atoms with van der Waals surface area (Å²) in [5, 5.41) is 9.29. The summed E-state index contributed by atoms with van der Waals surface area (Å²) in [6.45, 7) is 2.56. The van der Waals surface area contributed by atoms with Crippen LogP contribution in [0, 0.1) is 5.92 Å². The molecule has 1 aromatic carbocycles. The SMILES string of the molecule is CC1CCN(C(=O)Cc2ccccc2Br)C(C(=O)O)C1. The number of carboxylic acid groups (broad SMARTS) is 1. The second-order valence-corrected chi connectivity index (χ2v) is 6.19. The van der Waals surface area contributed by atoms with Crippen molar-refractivity contribution in [2.75, 3.05) is 6.54 Å². The van der Waals surface area contributed by atoms with Crippen molar-refractivity contribution in [1.82, 2.24) is 4.90 Å². The van der Waals surface area contributed by atoms with Gasteiger partial charge in [0.15, 0.2) is 0 Å². The topological polar surface area (TPSA) is 57.6 Å². The summed E-state index contributed by atoms with van der Waals surface area (Å²) in [5.41, 5.74) is 0.889. The lowest BCUT2D eigenvalue weighted by molar-refractivity contribution is -0.152. The van der Waals surface area contributed by atoms with Gasteiger partial charge < -0.3 is 10.0 Å². The van der Waals surface area contributed by atoms with Crippen molar-refractivity contribution < 1.29 is 14.7 Å². The normalized spacial score (nSPS) is 22.6. The second-order valence-electron chi connectivity index (χ2n) is 5.34. The van der Waals surface area contributed by atoms with Crippen molar-refractivity contribution in [1.29, 1.82) is 0 Å². The van der Waals surface area contributed by atoms with Crippen molar-refractivity contribution >= 4 is 27.8 Å².